The summed E-state index contributed by atoms with van der Waals surface area (Å²) in [7, 11) is 0. The van der Waals surface area contributed by atoms with Crippen LogP contribution in [0.15, 0.2) is 0 Å². The maximum Gasteiger partial charge on any atom is 0.223 e. The molecule has 3 rings (SSSR count). The fraction of sp³-hybridized carbons (Fsp3) is 0.900. The maximum absolute atomic E-state index is 12.4. The first kappa shape index (κ1) is 21.5. The van der Waals surface area contributed by atoms with Gasteiger partial charge in [0.25, 0.3) is 0 Å². The molecule has 0 unspecified atom stereocenters. The van der Waals surface area contributed by atoms with E-state index in [0.29, 0.717) is 12.3 Å². The molecule has 0 aromatic rings. The van der Waals surface area contributed by atoms with Crippen molar-refractivity contribution in [2.45, 2.75) is 76.7 Å². The minimum absolute atomic E-state index is 0. The number of hydrogen-bond acceptors (Lipinski definition) is 3. The van der Waals surface area contributed by atoms with Crippen LogP contribution in [0.5, 0.6) is 0 Å². The van der Waals surface area contributed by atoms with Crippen LogP contribution in [0.25, 0.3) is 0 Å². The lowest BCUT2D eigenvalue weighted by Crippen LogP contribution is -2.48. The predicted octanol–water partition coefficient (Wildman–Crippen LogP) is 2.88. The highest BCUT2D eigenvalue weighted by molar-refractivity contribution is 5.85. The van der Waals surface area contributed by atoms with Gasteiger partial charge in [-0.25, -0.2) is 0 Å². The van der Waals surface area contributed by atoms with Gasteiger partial charge in [0.15, 0.2) is 0 Å². The van der Waals surface area contributed by atoms with Gasteiger partial charge in [0.1, 0.15) is 0 Å². The normalized spacial score (nSPS) is 23.3. The number of carbonyl (C=O) groups excluding carboxylic acids is 2. The second-order valence-electron chi connectivity index (χ2n) is 8.23. The molecule has 0 radical (unpaired) electrons. The third-order valence-electron chi connectivity index (χ3n) is 6.40. The summed E-state index contributed by atoms with van der Waals surface area (Å²) in [6.07, 6.45) is 11.8. The molecule has 1 saturated carbocycles. The predicted molar refractivity (Wildman–Crippen MR) is 106 cm³/mol. The third-order valence-corrected chi connectivity index (χ3v) is 6.40. The van der Waals surface area contributed by atoms with Gasteiger partial charge in [-0.05, 0) is 64.0 Å². The van der Waals surface area contributed by atoms with Crippen LogP contribution in [-0.4, -0.2) is 48.9 Å². The van der Waals surface area contributed by atoms with E-state index in [9.17, 15) is 9.59 Å². The molecule has 2 amide bonds. The van der Waals surface area contributed by atoms with E-state index in [1.54, 1.807) is 0 Å². The van der Waals surface area contributed by atoms with Crippen molar-refractivity contribution in [3.05, 3.63) is 0 Å². The van der Waals surface area contributed by atoms with Crippen molar-refractivity contribution < 1.29 is 9.59 Å². The van der Waals surface area contributed by atoms with Crippen LogP contribution in [0.1, 0.15) is 70.6 Å². The van der Waals surface area contributed by atoms with E-state index in [1.165, 1.54) is 32.1 Å². The fourth-order valence-electron chi connectivity index (χ4n) is 4.61. The molecule has 3 aliphatic rings. The van der Waals surface area contributed by atoms with E-state index in [-0.39, 0.29) is 30.3 Å². The number of rotatable bonds is 5. The number of carbonyl (C=O) groups is 2. The van der Waals surface area contributed by atoms with Crippen LogP contribution in [0, 0.1) is 11.8 Å². The van der Waals surface area contributed by atoms with E-state index >= 15 is 0 Å². The van der Waals surface area contributed by atoms with Crippen LogP contribution >= 0.6 is 12.4 Å². The average molecular weight is 386 g/mol. The Morgan fingerprint density at radius 3 is 2.23 bits per heavy atom. The summed E-state index contributed by atoms with van der Waals surface area (Å²) in [6.45, 7) is 3.82. The fourth-order valence-corrected chi connectivity index (χ4v) is 4.61. The number of halogens is 1. The lowest BCUT2D eigenvalue weighted by Gasteiger charge is -2.34. The van der Waals surface area contributed by atoms with E-state index in [2.05, 4.69) is 10.6 Å². The first-order valence-electron chi connectivity index (χ1n) is 10.5. The molecule has 6 heteroatoms. The molecule has 0 spiro atoms. The lowest BCUT2D eigenvalue weighted by atomic mass is 9.88. The monoisotopic (exact) mass is 385 g/mol. The Labute approximate surface area is 164 Å². The molecule has 0 atom stereocenters. The highest BCUT2D eigenvalue weighted by atomic mass is 35.5. The van der Waals surface area contributed by atoms with Gasteiger partial charge in [0.2, 0.25) is 11.8 Å². The smallest absolute Gasteiger partial charge is 0.223 e. The molecule has 2 aliphatic heterocycles. The number of hydrogen-bond donors (Lipinski definition) is 2. The minimum Gasteiger partial charge on any atom is -0.353 e. The molecule has 2 saturated heterocycles. The van der Waals surface area contributed by atoms with Crippen LogP contribution in [0.3, 0.4) is 0 Å². The van der Waals surface area contributed by atoms with Gasteiger partial charge in [0.05, 0.1) is 0 Å². The van der Waals surface area contributed by atoms with Crippen molar-refractivity contribution in [2.24, 2.45) is 11.8 Å². The minimum atomic E-state index is 0. The molecule has 0 aromatic carbocycles. The zero-order valence-corrected chi connectivity index (χ0v) is 16.8. The standard InChI is InChI=1S/C20H35N3O2.ClH/c24-19(7-6-16-8-12-21-13-9-16)23-14-10-18(11-15-23)22-20(25)17-4-2-1-3-5-17;/h16-18,21H,1-15H2,(H,22,25);1H. The number of nitrogens with zero attached hydrogens (tertiary/aromatic N) is 1. The zero-order chi connectivity index (χ0) is 17.5. The number of piperidine rings is 2. The molecule has 26 heavy (non-hydrogen) atoms. The molecule has 0 aromatic heterocycles. The second kappa shape index (κ2) is 11.1. The Kier molecular flexibility index (Phi) is 9.20. The Morgan fingerprint density at radius 2 is 1.58 bits per heavy atom. The van der Waals surface area contributed by atoms with Gasteiger partial charge in [-0.2, -0.15) is 0 Å². The van der Waals surface area contributed by atoms with Crippen molar-refractivity contribution in [2.75, 3.05) is 26.2 Å². The third kappa shape index (κ3) is 6.41. The Hall–Kier alpha value is -0.810. The van der Waals surface area contributed by atoms with Crippen molar-refractivity contribution in [1.29, 1.82) is 0 Å². The van der Waals surface area contributed by atoms with Crippen molar-refractivity contribution in [1.82, 2.24) is 15.5 Å². The van der Waals surface area contributed by atoms with E-state index < -0.39 is 0 Å². The van der Waals surface area contributed by atoms with Gasteiger partial charge in [-0.3, -0.25) is 9.59 Å². The van der Waals surface area contributed by atoms with Crippen LogP contribution in [0.2, 0.25) is 0 Å². The van der Waals surface area contributed by atoms with Crippen molar-refractivity contribution >= 4 is 24.2 Å². The molecule has 2 heterocycles. The molecular weight excluding hydrogens is 350 g/mol. The molecule has 1 aliphatic carbocycles. The molecule has 3 fully saturated rings. The summed E-state index contributed by atoms with van der Waals surface area (Å²) >= 11 is 0. The topological polar surface area (TPSA) is 61.4 Å². The van der Waals surface area contributed by atoms with Crippen LogP contribution in [0.4, 0.5) is 0 Å². The van der Waals surface area contributed by atoms with Gasteiger partial charge in [-0.15, -0.1) is 12.4 Å². The Bertz CT molecular complexity index is 440. The number of amides is 2. The lowest BCUT2D eigenvalue weighted by molar-refractivity contribution is -0.133. The SMILES string of the molecule is Cl.O=C(NC1CCN(C(=O)CCC2CCNCC2)CC1)C1CCCCC1. The number of likely N-dealkylation sites (tertiary alicyclic amines) is 1. The largest absolute Gasteiger partial charge is 0.353 e. The van der Waals surface area contributed by atoms with Gasteiger partial charge < -0.3 is 15.5 Å². The van der Waals surface area contributed by atoms with E-state index in [4.69, 9.17) is 0 Å². The van der Waals surface area contributed by atoms with Crippen LogP contribution in [-0.2, 0) is 9.59 Å². The Balaban J connectivity index is 0.00000243. The Morgan fingerprint density at radius 1 is 0.923 bits per heavy atom. The maximum atomic E-state index is 12.4. The highest BCUT2D eigenvalue weighted by Crippen LogP contribution is 2.24. The van der Waals surface area contributed by atoms with Crippen molar-refractivity contribution in [3.8, 4) is 0 Å². The summed E-state index contributed by atoms with van der Waals surface area (Å²) in [6, 6.07) is 0.267. The quantitative estimate of drug-likeness (QED) is 0.764. The van der Waals surface area contributed by atoms with Gasteiger partial charge in [0, 0.05) is 31.5 Å². The molecule has 5 nitrogen and oxygen atoms in total. The van der Waals surface area contributed by atoms with E-state index in [1.807, 2.05) is 4.90 Å². The second-order valence-corrected chi connectivity index (χ2v) is 8.23. The molecule has 150 valence electrons. The summed E-state index contributed by atoms with van der Waals surface area (Å²) in [5.41, 5.74) is 0. The molecule has 0 bridgehead atoms. The number of nitrogens with one attached hydrogen (secondary N) is 2. The molecule has 2 N–H and O–H groups in total. The zero-order valence-electron chi connectivity index (χ0n) is 16.0. The average Bonchev–Trinajstić information content (AvgIpc) is 2.68. The first-order chi connectivity index (χ1) is 12.2. The summed E-state index contributed by atoms with van der Waals surface area (Å²) in [5, 5.41) is 6.63. The highest BCUT2D eigenvalue weighted by Gasteiger charge is 2.27. The van der Waals surface area contributed by atoms with Gasteiger partial charge in [-0.1, -0.05) is 19.3 Å². The molecular formula is C20H36ClN3O2. The summed E-state index contributed by atoms with van der Waals surface area (Å²) in [4.78, 5) is 26.8. The summed E-state index contributed by atoms with van der Waals surface area (Å²) < 4.78 is 0. The van der Waals surface area contributed by atoms with Gasteiger partial charge >= 0.3 is 0 Å². The van der Waals surface area contributed by atoms with Crippen molar-refractivity contribution in [3.63, 3.8) is 0 Å². The first-order valence-corrected chi connectivity index (χ1v) is 10.5. The summed E-state index contributed by atoms with van der Waals surface area (Å²) in [5.74, 6) is 1.53. The van der Waals surface area contributed by atoms with E-state index in [0.717, 1.165) is 64.2 Å². The van der Waals surface area contributed by atoms with Crippen LogP contribution < -0.4 is 10.6 Å².